The lowest BCUT2D eigenvalue weighted by molar-refractivity contribution is -0.152. The number of esters is 1. The summed E-state index contributed by atoms with van der Waals surface area (Å²) in [6.45, 7) is 3.30. The number of likely N-dealkylation sites (tertiary alicyclic amines) is 1. The van der Waals surface area contributed by atoms with Gasteiger partial charge in [0.05, 0.1) is 37.4 Å². The van der Waals surface area contributed by atoms with Crippen LogP contribution in [-0.4, -0.2) is 64.5 Å². The van der Waals surface area contributed by atoms with Gasteiger partial charge in [0.2, 0.25) is 0 Å². The molecule has 26 heavy (non-hydrogen) atoms. The molecule has 2 unspecified atom stereocenters. The fourth-order valence-electron chi connectivity index (χ4n) is 3.70. The van der Waals surface area contributed by atoms with Crippen LogP contribution in [0.2, 0.25) is 5.02 Å². The van der Waals surface area contributed by atoms with E-state index in [1.807, 2.05) is 28.5 Å². The van der Waals surface area contributed by atoms with Gasteiger partial charge in [-0.05, 0) is 25.1 Å². The van der Waals surface area contributed by atoms with Crippen LogP contribution in [-0.2, 0) is 27.4 Å². The number of halogens is 1. The van der Waals surface area contributed by atoms with E-state index in [4.69, 9.17) is 26.1 Å². The molecule has 0 amide bonds. The molecule has 142 valence electrons. The minimum atomic E-state index is -0.782. The molecule has 2 atom stereocenters. The monoisotopic (exact) mass is 381 g/mol. The summed E-state index contributed by atoms with van der Waals surface area (Å²) in [6.07, 6.45) is 0.506. The van der Waals surface area contributed by atoms with E-state index in [-0.39, 0.29) is 18.7 Å². The van der Waals surface area contributed by atoms with Crippen molar-refractivity contribution in [2.75, 3.05) is 27.4 Å². The fourth-order valence-corrected chi connectivity index (χ4v) is 3.87. The first-order valence-electron chi connectivity index (χ1n) is 8.54. The molecular formula is C18H24ClN3O4. The largest absolute Gasteiger partial charge is 0.468 e. The highest BCUT2D eigenvalue weighted by Gasteiger charge is 2.49. The van der Waals surface area contributed by atoms with Crippen molar-refractivity contribution in [3.05, 3.63) is 29.0 Å². The van der Waals surface area contributed by atoms with Crippen molar-refractivity contribution in [2.24, 2.45) is 0 Å². The Hall–Kier alpha value is -1.67. The van der Waals surface area contributed by atoms with E-state index < -0.39 is 5.54 Å². The van der Waals surface area contributed by atoms with Crippen molar-refractivity contribution >= 4 is 28.6 Å². The van der Waals surface area contributed by atoms with Crippen molar-refractivity contribution in [1.29, 1.82) is 0 Å². The number of carbonyl (C=O) groups is 1. The number of aliphatic hydroxyl groups is 1. The van der Waals surface area contributed by atoms with Gasteiger partial charge < -0.3 is 19.1 Å². The number of fused-ring (bicyclic) bond motifs is 1. The van der Waals surface area contributed by atoms with Crippen LogP contribution in [0.25, 0.3) is 11.0 Å². The van der Waals surface area contributed by atoms with Gasteiger partial charge in [-0.2, -0.15) is 0 Å². The SMILES string of the molecule is COC(=O)C1(C)CC(OC)CN1Cc1nc2ccc(Cl)cc2n1CCO. The molecule has 0 spiro atoms. The van der Waals surface area contributed by atoms with Crippen LogP contribution in [0, 0.1) is 0 Å². The number of aromatic nitrogens is 2. The standard InChI is InChI=1S/C18H24ClN3O4/c1-18(17(24)26-3)9-13(25-2)10-21(18)11-16-20-14-5-4-12(19)8-15(14)22(16)6-7-23/h4-5,8,13,23H,6-7,9-11H2,1-3H3. The lowest BCUT2D eigenvalue weighted by Gasteiger charge is -2.31. The van der Waals surface area contributed by atoms with Gasteiger partial charge in [0.15, 0.2) is 0 Å². The molecule has 0 saturated carbocycles. The molecule has 1 aromatic carbocycles. The Bertz CT molecular complexity index is 809. The molecule has 0 radical (unpaired) electrons. The first kappa shape index (κ1) is 19.1. The first-order chi connectivity index (χ1) is 12.4. The van der Waals surface area contributed by atoms with Crippen molar-refractivity contribution < 1.29 is 19.4 Å². The summed E-state index contributed by atoms with van der Waals surface area (Å²) in [5.41, 5.74) is 0.888. The zero-order valence-corrected chi connectivity index (χ0v) is 16.0. The number of methoxy groups -OCH3 is 2. The van der Waals surface area contributed by atoms with Gasteiger partial charge in [-0.1, -0.05) is 11.6 Å². The zero-order chi connectivity index (χ0) is 18.9. The average Bonchev–Trinajstić information content (AvgIpc) is 3.13. The second kappa shape index (κ2) is 7.52. The summed E-state index contributed by atoms with van der Waals surface area (Å²) < 4.78 is 12.5. The average molecular weight is 382 g/mol. The van der Waals surface area contributed by atoms with Gasteiger partial charge in [-0.25, -0.2) is 4.98 Å². The number of benzene rings is 1. The van der Waals surface area contributed by atoms with Gasteiger partial charge in [0.1, 0.15) is 11.4 Å². The Morgan fingerprint density at radius 2 is 2.23 bits per heavy atom. The topological polar surface area (TPSA) is 76.8 Å². The molecule has 1 N–H and O–H groups in total. The van der Waals surface area contributed by atoms with Crippen molar-refractivity contribution in [1.82, 2.24) is 14.5 Å². The Balaban J connectivity index is 1.98. The van der Waals surface area contributed by atoms with E-state index in [2.05, 4.69) is 0 Å². The number of ether oxygens (including phenoxy) is 2. The van der Waals surface area contributed by atoms with Crippen LogP contribution in [0.1, 0.15) is 19.2 Å². The van der Waals surface area contributed by atoms with E-state index in [1.165, 1.54) is 7.11 Å². The van der Waals surface area contributed by atoms with Crippen LogP contribution in [0.15, 0.2) is 18.2 Å². The molecular weight excluding hydrogens is 358 g/mol. The molecule has 1 fully saturated rings. The molecule has 0 bridgehead atoms. The van der Waals surface area contributed by atoms with Crippen LogP contribution < -0.4 is 0 Å². The lowest BCUT2D eigenvalue weighted by Crippen LogP contribution is -2.48. The van der Waals surface area contributed by atoms with E-state index in [9.17, 15) is 9.90 Å². The van der Waals surface area contributed by atoms with Gasteiger partial charge in [0.25, 0.3) is 0 Å². The number of carbonyl (C=O) groups excluding carboxylic acids is 1. The fraction of sp³-hybridized carbons (Fsp3) is 0.556. The molecule has 8 heteroatoms. The number of hydrogen-bond donors (Lipinski definition) is 1. The maximum absolute atomic E-state index is 12.4. The second-order valence-electron chi connectivity index (χ2n) is 6.74. The first-order valence-corrected chi connectivity index (χ1v) is 8.92. The number of nitrogens with zero attached hydrogens (tertiary/aromatic N) is 3. The Morgan fingerprint density at radius 1 is 1.46 bits per heavy atom. The number of hydrogen-bond acceptors (Lipinski definition) is 6. The smallest absolute Gasteiger partial charge is 0.326 e. The highest BCUT2D eigenvalue weighted by molar-refractivity contribution is 6.31. The molecule has 1 aliphatic rings. The molecule has 2 heterocycles. The Morgan fingerprint density at radius 3 is 2.88 bits per heavy atom. The maximum Gasteiger partial charge on any atom is 0.326 e. The second-order valence-corrected chi connectivity index (χ2v) is 7.18. The minimum absolute atomic E-state index is 0.0139. The van der Waals surface area contributed by atoms with Crippen molar-refractivity contribution in [3.63, 3.8) is 0 Å². The summed E-state index contributed by atoms with van der Waals surface area (Å²) in [5.74, 6) is 0.480. The van der Waals surface area contributed by atoms with Crippen LogP contribution in [0.5, 0.6) is 0 Å². The number of aliphatic hydroxyl groups excluding tert-OH is 1. The summed E-state index contributed by atoms with van der Waals surface area (Å²) in [7, 11) is 3.05. The van der Waals surface area contributed by atoms with E-state index in [1.54, 1.807) is 13.2 Å². The van der Waals surface area contributed by atoms with Gasteiger partial charge in [-0.15, -0.1) is 0 Å². The third-order valence-electron chi connectivity index (χ3n) is 5.15. The predicted molar refractivity (Wildman–Crippen MR) is 98.1 cm³/mol. The van der Waals surface area contributed by atoms with Gasteiger partial charge in [0, 0.05) is 31.6 Å². The third kappa shape index (κ3) is 3.32. The van der Waals surface area contributed by atoms with E-state index in [0.29, 0.717) is 31.1 Å². The van der Waals surface area contributed by atoms with Crippen molar-refractivity contribution in [3.8, 4) is 0 Å². The molecule has 1 aromatic heterocycles. The predicted octanol–water partition coefficient (Wildman–Crippen LogP) is 1.83. The van der Waals surface area contributed by atoms with Crippen molar-refractivity contribution in [2.45, 2.75) is 38.1 Å². The molecule has 2 aromatic rings. The molecule has 3 rings (SSSR count). The van der Waals surface area contributed by atoms with E-state index in [0.717, 1.165) is 16.9 Å². The highest BCUT2D eigenvalue weighted by Crippen LogP contribution is 2.33. The number of imidazole rings is 1. The summed E-state index contributed by atoms with van der Waals surface area (Å²) in [5, 5.41) is 10.1. The molecule has 7 nitrogen and oxygen atoms in total. The summed E-state index contributed by atoms with van der Waals surface area (Å²) in [4.78, 5) is 19.1. The molecule has 1 aliphatic heterocycles. The van der Waals surface area contributed by atoms with Crippen LogP contribution in [0.3, 0.4) is 0 Å². The Labute approximate surface area is 157 Å². The maximum atomic E-state index is 12.4. The lowest BCUT2D eigenvalue weighted by atomic mass is 9.98. The van der Waals surface area contributed by atoms with E-state index >= 15 is 0 Å². The van der Waals surface area contributed by atoms with Gasteiger partial charge in [-0.3, -0.25) is 9.69 Å². The van der Waals surface area contributed by atoms with Gasteiger partial charge >= 0.3 is 5.97 Å². The quantitative estimate of drug-likeness (QED) is 0.769. The minimum Gasteiger partial charge on any atom is -0.468 e. The normalized spacial score (nSPS) is 23.7. The molecule has 1 saturated heterocycles. The zero-order valence-electron chi connectivity index (χ0n) is 15.2. The highest BCUT2D eigenvalue weighted by atomic mass is 35.5. The van der Waals surface area contributed by atoms with Crippen LogP contribution in [0.4, 0.5) is 0 Å². The number of rotatable bonds is 6. The Kier molecular flexibility index (Phi) is 5.53. The van der Waals surface area contributed by atoms with Crippen LogP contribution >= 0.6 is 11.6 Å². The molecule has 0 aliphatic carbocycles. The summed E-state index contributed by atoms with van der Waals surface area (Å²) >= 11 is 6.12. The third-order valence-corrected chi connectivity index (χ3v) is 5.39. The summed E-state index contributed by atoms with van der Waals surface area (Å²) in [6, 6.07) is 5.49.